The average Bonchev–Trinajstić information content (AvgIpc) is 2.65. The van der Waals surface area contributed by atoms with Crippen molar-refractivity contribution in [3.63, 3.8) is 0 Å². The molecule has 0 atom stereocenters. The van der Waals surface area contributed by atoms with Crippen molar-refractivity contribution in [3.05, 3.63) is 24.1 Å². The van der Waals surface area contributed by atoms with Crippen molar-refractivity contribution in [2.45, 2.75) is 19.8 Å². The van der Waals surface area contributed by atoms with Gasteiger partial charge < -0.3 is 15.5 Å². The molecule has 0 aliphatic heterocycles. The van der Waals surface area contributed by atoms with Gasteiger partial charge >= 0.3 is 0 Å². The van der Waals surface area contributed by atoms with Crippen molar-refractivity contribution in [2.24, 2.45) is 5.73 Å². The Labute approximate surface area is 99.0 Å². The van der Waals surface area contributed by atoms with Crippen molar-refractivity contribution in [3.8, 4) is 0 Å². The fourth-order valence-corrected chi connectivity index (χ4v) is 1.60. The number of aromatic nitrogens is 1. The van der Waals surface area contributed by atoms with E-state index in [0.717, 1.165) is 11.2 Å². The van der Waals surface area contributed by atoms with Gasteiger partial charge in [-0.15, -0.1) is 0 Å². The highest BCUT2D eigenvalue weighted by Crippen LogP contribution is 2.19. The smallest absolute Gasteiger partial charge is 0.224 e. The number of rotatable bonds is 4. The third kappa shape index (κ3) is 2.82. The van der Waals surface area contributed by atoms with Gasteiger partial charge in [0.25, 0.3) is 0 Å². The van der Waals surface area contributed by atoms with Crippen molar-refractivity contribution in [1.29, 1.82) is 0 Å². The van der Waals surface area contributed by atoms with Gasteiger partial charge in [0.15, 0.2) is 11.5 Å². The molecule has 0 aliphatic carbocycles. The van der Waals surface area contributed by atoms with Crippen molar-refractivity contribution < 1.29 is 9.21 Å². The molecule has 0 spiro atoms. The number of fused-ring (bicyclic) bond motifs is 1. The van der Waals surface area contributed by atoms with Crippen LogP contribution in [0.3, 0.4) is 0 Å². The lowest BCUT2D eigenvalue weighted by Crippen LogP contribution is -2.13. The van der Waals surface area contributed by atoms with Crippen molar-refractivity contribution in [2.75, 3.05) is 11.9 Å². The first-order chi connectivity index (χ1) is 8.19. The summed E-state index contributed by atoms with van der Waals surface area (Å²) in [7, 11) is 0. The predicted molar refractivity (Wildman–Crippen MR) is 65.7 cm³/mol. The summed E-state index contributed by atoms with van der Waals surface area (Å²) in [5.74, 6) is 0.581. The fraction of sp³-hybridized carbons (Fsp3) is 0.333. The van der Waals surface area contributed by atoms with Crippen LogP contribution in [0, 0.1) is 6.92 Å². The first kappa shape index (κ1) is 11.6. The highest BCUT2D eigenvalue weighted by molar-refractivity contribution is 5.92. The zero-order chi connectivity index (χ0) is 12.3. The summed E-state index contributed by atoms with van der Waals surface area (Å²) in [5, 5.41) is 2.80. The van der Waals surface area contributed by atoms with Gasteiger partial charge in [-0.1, -0.05) is 0 Å². The lowest BCUT2D eigenvalue weighted by atomic mass is 10.2. The Morgan fingerprint density at radius 3 is 3.12 bits per heavy atom. The number of anilines is 1. The van der Waals surface area contributed by atoms with Crippen LogP contribution < -0.4 is 11.1 Å². The number of carbonyl (C=O) groups excluding carboxylic acids is 1. The molecule has 1 aromatic carbocycles. The standard InChI is InChI=1S/C12H15N3O2/c1-8-14-10-5-4-9(7-11(10)17-8)15-12(16)3-2-6-13/h4-5,7H,2-3,6,13H2,1H3,(H,15,16). The average molecular weight is 233 g/mol. The molecule has 0 bridgehead atoms. The molecule has 0 aliphatic rings. The Kier molecular flexibility index (Phi) is 3.39. The first-order valence-electron chi connectivity index (χ1n) is 5.56. The Bertz CT molecular complexity index is 534. The molecule has 2 aromatic rings. The lowest BCUT2D eigenvalue weighted by Gasteiger charge is -2.03. The highest BCUT2D eigenvalue weighted by atomic mass is 16.3. The maximum atomic E-state index is 11.5. The molecule has 2 rings (SSSR count). The van der Waals surface area contributed by atoms with Gasteiger partial charge in [0.2, 0.25) is 5.91 Å². The van der Waals surface area contributed by atoms with Crippen LogP contribution in [-0.4, -0.2) is 17.4 Å². The molecule has 5 heteroatoms. The Balaban J connectivity index is 2.10. The Morgan fingerprint density at radius 2 is 2.35 bits per heavy atom. The molecule has 0 unspecified atom stereocenters. The van der Waals surface area contributed by atoms with E-state index in [-0.39, 0.29) is 5.91 Å². The van der Waals surface area contributed by atoms with Crippen molar-refractivity contribution >= 4 is 22.7 Å². The van der Waals surface area contributed by atoms with E-state index < -0.39 is 0 Å². The third-order valence-electron chi connectivity index (χ3n) is 2.39. The van der Waals surface area contributed by atoms with Crippen LogP contribution in [0.5, 0.6) is 0 Å². The summed E-state index contributed by atoms with van der Waals surface area (Å²) >= 11 is 0. The maximum absolute atomic E-state index is 11.5. The monoisotopic (exact) mass is 233 g/mol. The van der Waals surface area contributed by atoms with E-state index in [1.807, 2.05) is 12.1 Å². The van der Waals surface area contributed by atoms with Crippen LogP contribution in [0.2, 0.25) is 0 Å². The summed E-state index contributed by atoms with van der Waals surface area (Å²) in [6.45, 7) is 2.31. The van der Waals surface area contributed by atoms with Gasteiger partial charge in [0.1, 0.15) is 5.52 Å². The summed E-state index contributed by atoms with van der Waals surface area (Å²) in [5.41, 5.74) is 7.54. The molecule has 90 valence electrons. The van der Waals surface area contributed by atoms with Gasteiger partial charge in [0, 0.05) is 25.1 Å². The van der Waals surface area contributed by atoms with Gasteiger partial charge in [-0.25, -0.2) is 4.98 Å². The number of nitrogens with zero attached hydrogens (tertiary/aromatic N) is 1. The van der Waals surface area contributed by atoms with E-state index in [2.05, 4.69) is 10.3 Å². The van der Waals surface area contributed by atoms with Crippen molar-refractivity contribution in [1.82, 2.24) is 4.98 Å². The topological polar surface area (TPSA) is 81.2 Å². The Morgan fingerprint density at radius 1 is 1.53 bits per heavy atom. The minimum Gasteiger partial charge on any atom is -0.441 e. The molecule has 0 saturated carbocycles. The zero-order valence-corrected chi connectivity index (χ0v) is 9.69. The summed E-state index contributed by atoms with van der Waals surface area (Å²) in [6.07, 6.45) is 1.12. The summed E-state index contributed by atoms with van der Waals surface area (Å²) in [4.78, 5) is 15.7. The van der Waals surface area contributed by atoms with Crippen LogP contribution in [0.15, 0.2) is 22.6 Å². The number of hydrogen-bond donors (Lipinski definition) is 2. The second-order valence-corrected chi connectivity index (χ2v) is 3.86. The SMILES string of the molecule is Cc1nc2ccc(NC(=O)CCCN)cc2o1. The van der Waals surface area contributed by atoms with E-state index in [4.69, 9.17) is 10.2 Å². The molecular weight excluding hydrogens is 218 g/mol. The molecular formula is C12H15N3O2. The van der Waals surface area contributed by atoms with Crippen LogP contribution in [0.25, 0.3) is 11.1 Å². The molecule has 1 amide bonds. The zero-order valence-electron chi connectivity index (χ0n) is 9.69. The molecule has 1 heterocycles. The second kappa shape index (κ2) is 4.97. The minimum absolute atomic E-state index is 0.0361. The first-order valence-corrected chi connectivity index (χ1v) is 5.56. The molecule has 17 heavy (non-hydrogen) atoms. The molecule has 0 radical (unpaired) electrons. The summed E-state index contributed by atoms with van der Waals surface area (Å²) < 4.78 is 5.39. The van der Waals surface area contributed by atoms with Crippen LogP contribution >= 0.6 is 0 Å². The normalized spacial score (nSPS) is 10.7. The molecule has 5 nitrogen and oxygen atoms in total. The quantitative estimate of drug-likeness (QED) is 0.843. The number of nitrogens with one attached hydrogen (secondary N) is 1. The highest BCUT2D eigenvalue weighted by Gasteiger charge is 2.05. The van der Waals surface area contributed by atoms with E-state index in [9.17, 15) is 4.79 Å². The largest absolute Gasteiger partial charge is 0.441 e. The van der Waals surface area contributed by atoms with Gasteiger partial charge in [-0.2, -0.15) is 0 Å². The maximum Gasteiger partial charge on any atom is 0.224 e. The number of benzene rings is 1. The number of carbonyl (C=O) groups is 1. The van der Waals surface area contributed by atoms with Crippen LogP contribution in [0.4, 0.5) is 5.69 Å². The van der Waals surface area contributed by atoms with E-state index in [1.165, 1.54) is 0 Å². The number of hydrogen-bond acceptors (Lipinski definition) is 4. The molecule has 0 fully saturated rings. The van der Waals surface area contributed by atoms with E-state index >= 15 is 0 Å². The summed E-state index contributed by atoms with van der Waals surface area (Å²) in [6, 6.07) is 5.41. The van der Waals surface area contributed by atoms with Crippen LogP contribution in [-0.2, 0) is 4.79 Å². The van der Waals surface area contributed by atoms with E-state index in [0.29, 0.717) is 30.9 Å². The predicted octanol–water partition coefficient (Wildman–Crippen LogP) is 1.81. The minimum atomic E-state index is -0.0361. The lowest BCUT2D eigenvalue weighted by molar-refractivity contribution is -0.116. The Hall–Kier alpha value is -1.88. The number of nitrogens with two attached hydrogens (primary N) is 1. The number of aryl methyl sites for hydroxylation is 1. The molecule has 0 saturated heterocycles. The van der Waals surface area contributed by atoms with Gasteiger partial charge in [-0.05, 0) is 25.1 Å². The van der Waals surface area contributed by atoms with Gasteiger partial charge in [-0.3, -0.25) is 4.79 Å². The van der Waals surface area contributed by atoms with Gasteiger partial charge in [0.05, 0.1) is 0 Å². The van der Waals surface area contributed by atoms with Crippen LogP contribution in [0.1, 0.15) is 18.7 Å². The molecule has 1 aromatic heterocycles. The second-order valence-electron chi connectivity index (χ2n) is 3.86. The fourth-order valence-electron chi connectivity index (χ4n) is 1.60. The third-order valence-corrected chi connectivity index (χ3v) is 2.39. The van der Waals surface area contributed by atoms with E-state index in [1.54, 1.807) is 13.0 Å². The molecule has 3 N–H and O–H groups in total. The number of oxazole rings is 1. The number of amides is 1.